The van der Waals surface area contributed by atoms with E-state index in [0.717, 1.165) is 5.56 Å². The maximum atomic E-state index is 11.5. The van der Waals surface area contributed by atoms with Crippen molar-refractivity contribution in [3.05, 3.63) is 35.4 Å². The Balaban J connectivity index is 2.51. The molecule has 4 heteroatoms. The maximum absolute atomic E-state index is 11.5. The number of aliphatic hydroxyl groups is 1. The lowest BCUT2D eigenvalue weighted by Crippen LogP contribution is -2.30. The molecule has 1 amide bonds. The van der Waals surface area contributed by atoms with Crippen LogP contribution < -0.4 is 10.6 Å². The quantitative estimate of drug-likeness (QED) is 0.743. The summed E-state index contributed by atoms with van der Waals surface area (Å²) in [4.78, 5) is 11.5. The van der Waals surface area contributed by atoms with E-state index in [1.807, 2.05) is 24.3 Å². The molecule has 1 aromatic rings. The smallest absolute Gasteiger partial charge is 0.221 e. The minimum absolute atomic E-state index is 0.0512. The van der Waals surface area contributed by atoms with Crippen molar-refractivity contribution in [3.63, 3.8) is 0 Å². The number of amides is 1. The molecule has 20 heavy (non-hydrogen) atoms. The molecular formula is C16H26N2O2. The molecule has 0 fully saturated rings. The molecule has 1 unspecified atom stereocenters. The molecule has 0 heterocycles. The average Bonchev–Trinajstić information content (AvgIpc) is 2.41. The van der Waals surface area contributed by atoms with Crippen molar-refractivity contribution in [2.24, 2.45) is 0 Å². The molecule has 0 aromatic heterocycles. The number of benzene rings is 1. The van der Waals surface area contributed by atoms with Crippen LogP contribution >= 0.6 is 0 Å². The van der Waals surface area contributed by atoms with Gasteiger partial charge < -0.3 is 15.7 Å². The van der Waals surface area contributed by atoms with Crippen LogP contribution in [0.1, 0.15) is 44.4 Å². The predicted molar refractivity (Wildman–Crippen MR) is 81.7 cm³/mol. The minimum Gasteiger partial charge on any atom is -0.387 e. The lowest BCUT2D eigenvalue weighted by molar-refractivity contribution is -0.121. The normalized spacial score (nSPS) is 13.1. The zero-order valence-corrected chi connectivity index (χ0v) is 12.9. The molecule has 3 N–H and O–H groups in total. The Hall–Kier alpha value is -1.39. The summed E-state index contributed by atoms with van der Waals surface area (Å²) in [6.45, 7) is 7.35. The molecule has 4 nitrogen and oxygen atoms in total. The summed E-state index contributed by atoms with van der Waals surface area (Å²) in [5, 5.41) is 15.7. The number of rotatable bonds is 6. The van der Waals surface area contributed by atoms with Crippen molar-refractivity contribution in [1.29, 1.82) is 0 Å². The fourth-order valence-electron chi connectivity index (χ4n) is 1.86. The Bertz CT molecular complexity index is 421. The summed E-state index contributed by atoms with van der Waals surface area (Å²) in [6, 6.07) is 7.90. The van der Waals surface area contributed by atoms with E-state index >= 15 is 0 Å². The second kappa shape index (κ2) is 7.41. The van der Waals surface area contributed by atoms with Gasteiger partial charge in [0, 0.05) is 19.5 Å². The van der Waals surface area contributed by atoms with Crippen molar-refractivity contribution in [2.45, 2.75) is 38.7 Å². The van der Waals surface area contributed by atoms with Gasteiger partial charge >= 0.3 is 0 Å². The fraction of sp³-hybridized carbons (Fsp3) is 0.562. The van der Waals surface area contributed by atoms with Crippen molar-refractivity contribution < 1.29 is 9.90 Å². The summed E-state index contributed by atoms with van der Waals surface area (Å²) < 4.78 is 0. The standard InChI is InChI=1S/C16H26N2O2/c1-16(2,3)13-7-5-12(6-8-13)14(19)11-18-15(20)9-10-17-4/h5-8,14,17,19H,9-11H2,1-4H3,(H,18,20). The molecule has 0 radical (unpaired) electrons. The van der Waals surface area contributed by atoms with Crippen LogP contribution in [0.3, 0.4) is 0 Å². The molecule has 1 atom stereocenters. The number of carbonyl (C=O) groups excluding carboxylic acids is 1. The maximum Gasteiger partial charge on any atom is 0.221 e. The van der Waals surface area contributed by atoms with Gasteiger partial charge in [-0.1, -0.05) is 45.0 Å². The van der Waals surface area contributed by atoms with Gasteiger partial charge in [-0.25, -0.2) is 0 Å². The molecule has 0 saturated heterocycles. The average molecular weight is 278 g/mol. The molecule has 0 bridgehead atoms. The highest BCUT2D eigenvalue weighted by Crippen LogP contribution is 2.23. The zero-order chi connectivity index (χ0) is 15.2. The molecule has 0 aliphatic carbocycles. The molecule has 0 aliphatic rings. The second-order valence-corrected chi connectivity index (χ2v) is 6.05. The second-order valence-electron chi connectivity index (χ2n) is 6.05. The van der Waals surface area contributed by atoms with Crippen LogP contribution in [0.2, 0.25) is 0 Å². The van der Waals surface area contributed by atoms with Crippen molar-refractivity contribution in [2.75, 3.05) is 20.1 Å². The molecule has 1 aromatic carbocycles. The Labute approximate surface area is 121 Å². The highest BCUT2D eigenvalue weighted by atomic mass is 16.3. The van der Waals surface area contributed by atoms with E-state index in [1.54, 1.807) is 7.05 Å². The van der Waals surface area contributed by atoms with E-state index in [2.05, 4.69) is 31.4 Å². The van der Waals surface area contributed by atoms with Crippen molar-refractivity contribution >= 4 is 5.91 Å². The van der Waals surface area contributed by atoms with Gasteiger partial charge in [0.2, 0.25) is 5.91 Å². The molecule has 0 aliphatic heterocycles. The van der Waals surface area contributed by atoms with Crippen LogP contribution in [0.5, 0.6) is 0 Å². The lowest BCUT2D eigenvalue weighted by atomic mass is 9.86. The number of aliphatic hydroxyl groups excluding tert-OH is 1. The molecule has 0 spiro atoms. The number of hydrogen-bond acceptors (Lipinski definition) is 3. The Kier molecular flexibility index (Phi) is 6.17. The van der Waals surface area contributed by atoms with E-state index in [4.69, 9.17) is 0 Å². The third-order valence-corrected chi connectivity index (χ3v) is 3.26. The van der Waals surface area contributed by atoms with Gasteiger partial charge in [-0.05, 0) is 23.6 Å². The van der Waals surface area contributed by atoms with Crippen LogP contribution in [0.4, 0.5) is 0 Å². The van der Waals surface area contributed by atoms with Gasteiger partial charge in [0.15, 0.2) is 0 Å². The summed E-state index contributed by atoms with van der Waals surface area (Å²) in [6.07, 6.45) is -0.242. The first-order chi connectivity index (χ1) is 9.34. The Morgan fingerprint density at radius 1 is 1.25 bits per heavy atom. The van der Waals surface area contributed by atoms with Gasteiger partial charge in [-0.15, -0.1) is 0 Å². The lowest BCUT2D eigenvalue weighted by Gasteiger charge is -2.20. The SMILES string of the molecule is CNCCC(=O)NCC(O)c1ccc(C(C)(C)C)cc1. The zero-order valence-electron chi connectivity index (χ0n) is 12.9. The number of nitrogens with one attached hydrogen (secondary N) is 2. The Morgan fingerprint density at radius 2 is 1.85 bits per heavy atom. The highest BCUT2D eigenvalue weighted by Gasteiger charge is 2.14. The third kappa shape index (κ3) is 5.31. The summed E-state index contributed by atoms with van der Waals surface area (Å²) in [7, 11) is 1.80. The van der Waals surface area contributed by atoms with E-state index in [0.29, 0.717) is 13.0 Å². The summed E-state index contributed by atoms with van der Waals surface area (Å²) in [5.74, 6) is -0.0512. The number of hydrogen-bond donors (Lipinski definition) is 3. The fourth-order valence-corrected chi connectivity index (χ4v) is 1.86. The van der Waals surface area contributed by atoms with Crippen LogP contribution in [0, 0.1) is 0 Å². The molecule has 0 saturated carbocycles. The monoisotopic (exact) mass is 278 g/mol. The van der Waals surface area contributed by atoms with Gasteiger partial charge in [0.25, 0.3) is 0 Å². The Morgan fingerprint density at radius 3 is 2.35 bits per heavy atom. The topological polar surface area (TPSA) is 61.4 Å². The number of carbonyl (C=O) groups is 1. The van der Waals surface area contributed by atoms with E-state index in [9.17, 15) is 9.90 Å². The molecule has 1 rings (SSSR count). The van der Waals surface area contributed by atoms with Gasteiger partial charge in [0.05, 0.1) is 6.10 Å². The van der Waals surface area contributed by atoms with Gasteiger partial charge in [-0.3, -0.25) is 4.79 Å². The van der Waals surface area contributed by atoms with Gasteiger partial charge in [0.1, 0.15) is 0 Å². The van der Waals surface area contributed by atoms with Crippen LogP contribution in [-0.4, -0.2) is 31.2 Å². The largest absolute Gasteiger partial charge is 0.387 e. The first kappa shape index (κ1) is 16.7. The predicted octanol–water partition coefficient (Wildman–Crippen LogP) is 1.74. The van der Waals surface area contributed by atoms with E-state index in [-0.39, 0.29) is 17.9 Å². The third-order valence-electron chi connectivity index (χ3n) is 3.26. The van der Waals surface area contributed by atoms with Gasteiger partial charge in [-0.2, -0.15) is 0 Å². The molecular weight excluding hydrogens is 252 g/mol. The van der Waals surface area contributed by atoms with Crippen molar-refractivity contribution in [3.8, 4) is 0 Å². The first-order valence-corrected chi connectivity index (χ1v) is 7.04. The summed E-state index contributed by atoms with van der Waals surface area (Å²) >= 11 is 0. The highest BCUT2D eigenvalue weighted by molar-refractivity contribution is 5.76. The van der Waals surface area contributed by atoms with Crippen molar-refractivity contribution in [1.82, 2.24) is 10.6 Å². The summed E-state index contributed by atoms with van der Waals surface area (Å²) in [5.41, 5.74) is 2.16. The van der Waals surface area contributed by atoms with E-state index in [1.165, 1.54) is 5.56 Å². The van der Waals surface area contributed by atoms with E-state index < -0.39 is 6.10 Å². The minimum atomic E-state index is -0.664. The molecule has 112 valence electrons. The first-order valence-electron chi connectivity index (χ1n) is 7.04. The van der Waals surface area contributed by atoms with Crippen LogP contribution in [-0.2, 0) is 10.2 Å². The van der Waals surface area contributed by atoms with Crippen LogP contribution in [0.15, 0.2) is 24.3 Å². The van der Waals surface area contributed by atoms with Crippen LogP contribution in [0.25, 0.3) is 0 Å².